The van der Waals surface area contributed by atoms with E-state index in [1.54, 1.807) is 7.05 Å². The highest BCUT2D eigenvalue weighted by Crippen LogP contribution is 2.01. The van der Waals surface area contributed by atoms with E-state index in [0.717, 1.165) is 51.8 Å². The number of hydrogen-bond donors (Lipinski definition) is 2. The highest BCUT2D eigenvalue weighted by atomic mass is 127. The van der Waals surface area contributed by atoms with Gasteiger partial charge in [0.1, 0.15) is 0 Å². The topological polar surface area (TPSA) is 58.1 Å². The zero-order chi connectivity index (χ0) is 15.5. The fourth-order valence-electron chi connectivity index (χ4n) is 2.08. The van der Waals surface area contributed by atoms with E-state index in [-0.39, 0.29) is 30.1 Å². The molecular formula is C15H33IN4O2. The molecule has 0 saturated carbocycles. The predicted octanol–water partition coefficient (Wildman–Crippen LogP) is 1.16. The molecule has 0 spiro atoms. The van der Waals surface area contributed by atoms with E-state index in [4.69, 9.17) is 9.47 Å². The van der Waals surface area contributed by atoms with Gasteiger partial charge in [-0.15, -0.1) is 24.0 Å². The van der Waals surface area contributed by atoms with Crippen LogP contribution in [0.15, 0.2) is 4.99 Å². The molecule has 1 atom stereocenters. The number of rotatable bonds is 8. The first kappa shape index (κ1) is 21.9. The maximum atomic E-state index is 5.71. The molecule has 2 N–H and O–H groups in total. The number of ether oxygens (including phenoxy) is 2. The normalized spacial score (nSPS) is 19.9. The monoisotopic (exact) mass is 428 g/mol. The summed E-state index contributed by atoms with van der Waals surface area (Å²) < 4.78 is 11.3. The summed E-state index contributed by atoms with van der Waals surface area (Å²) in [5.41, 5.74) is 0. The number of nitrogens with zero attached hydrogens (tertiary/aromatic N) is 2. The SMILES string of the molecule is CN=C(NCCOCCC(C)C)NCC1CN(C)CCO1.I. The van der Waals surface area contributed by atoms with Gasteiger partial charge in [-0.1, -0.05) is 13.8 Å². The molecule has 0 radical (unpaired) electrons. The summed E-state index contributed by atoms with van der Waals surface area (Å²) in [6.07, 6.45) is 1.34. The number of guanidine groups is 1. The van der Waals surface area contributed by atoms with Crippen LogP contribution >= 0.6 is 24.0 Å². The predicted molar refractivity (Wildman–Crippen MR) is 102 cm³/mol. The number of hydrogen-bond acceptors (Lipinski definition) is 4. The molecule has 0 aromatic carbocycles. The van der Waals surface area contributed by atoms with Gasteiger partial charge in [-0.3, -0.25) is 4.99 Å². The van der Waals surface area contributed by atoms with E-state index in [1.165, 1.54) is 0 Å². The van der Waals surface area contributed by atoms with Gasteiger partial charge in [0.05, 0.1) is 19.3 Å². The van der Waals surface area contributed by atoms with Crippen molar-refractivity contribution in [2.45, 2.75) is 26.4 Å². The van der Waals surface area contributed by atoms with Crippen molar-refractivity contribution in [3.05, 3.63) is 0 Å². The van der Waals surface area contributed by atoms with Crippen molar-refractivity contribution in [3.8, 4) is 0 Å². The minimum Gasteiger partial charge on any atom is -0.380 e. The van der Waals surface area contributed by atoms with E-state index in [9.17, 15) is 0 Å². The van der Waals surface area contributed by atoms with Gasteiger partial charge in [0.2, 0.25) is 0 Å². The number of likely N-dealkylation sites (N-methyl/N-ethyl adjacent to an activating group) is 1. The Bertz CT molecular complexity index is 303. The zero-order valence-corrected chi connectivity index (χ0v) is 16.8. The molecule has 1 rings (SSSR count). The zero-order valence-electron chi connectivity index (χ0n) is 14.4. The summed E-state index contributed by atoms with van der Waals surface area (Å²) in [7, 11) is 3.90. The van der Waals surface area contributed by atoms with Crippen LogP contribution in [0.5, 0.6) is 0 Å². The van der Waals surface area contributed by atoms with Crippen molar-refractivity contribution >= 4 is 29.9 Å². The Hall–Kier alpha value is -0.120. The van der Waals surface area contributed by atoms with E-state index in [2.05, 4.69) is 41.4 Å². The maximum absolute atomic E-state index is 5.71. The molecule has 1 aliphatic rings. The second kappa shape index (κ2) is 13.3. The molecule has 6 nitrogen and oxygen atoms in total. The largest absolute Gasteiger partial charge is 0.380 e. The van der Waals surface area contributed by atoms with Crippen molar-refractivity contribution < 1.29 is 9.47 Å². The third-order valence-electron chi connectivity index (χ3n) is 3.44. The van der Waals surface area contributed by atoms with Crippen LogP contribution in [-0.4, -0.2) is 77.1 Å². The van der Waals surface area contributed by atoms with Crippen LogP contribution < -0.4 is 10.6 Å². The highest BCUT2D eigenvalue weighted by Gasteiger charge is 2.17. The Balaban J connectivity index is 0.00000441. The molecule has 7 heteroatoms. The average Bonchev–Trinajstić information content (AvgIpc) is 2.45. The highest BCUT2D eigenvalue weighted by molar-refractivity contribution is 14.0. The van der Waals surface area contributed by atoms with Crippen LogP contribution in [0.25, 0.3) is 0 Å². The molecule has 132 valence electrons. The number of morpholine rings is 1. The van der Waals surface area contributed by atoms with Crippen molar-refractivity contribution in [3.63, 3.8) is 0 Å². The maximum Gasteiger partial charge on any atom is 0.191 e. The Kier molecular flexibility index (Phi) is 13.3. The lowest BCUT2D eigenvalue weighted by molar-refractivity contribution is -0.0161. The summed E-state index contributed by atoms with van der Waals surface area (Å²) in [6, 6.07) is 0. The Morgan fingerprint density at radius 3 is 2.77 bits per heavy atom. The van der Waals surface area contributed by atoms with Gasteiger partial charge in [-0.25, -0.2) is 0 Å². The molecule has 1 unspecified atom stereocenters. The van der Waals surface area contributed by atoms with Crippen LogP contribution in [-0.2, 0) is 9.47 Å². The molecule has 1 saturated heterocycles. The first-order valence-electron chi connectivity index (χ1n) is 7.94. The molecule has 0 aromatic heterocycles. The first-order valence-corrected chi connectivity index (χ1v) is 7.94. The lowest BCUT2D eigenvalue weighted by Crippen LogP contribution is -2.48. The Morgan fingerprint density at radius 1 is 1.36 bits per heavy atom. The summed E-state index contributed by atoms with van der Waals surface area (Å²) in [4.78, 5) is 6.49. The number of nitrogens with one attached hydrogen (secondary N) is 2. The molecule has 1 aliphatic heterocycles. The van der Waals surface area contributed by atoms with Crippen LogP contribution in [0.2, 0.25) is 0 Å². The van der Waals surface area contributed by atoms with Gasteiger partial charge in [-0.2, -0.15) is 0 Å². The molecule has 0 aromatic rings. The van der Waals surface area contributed by atoms with Crippen LogP contribution in [0.1, 0.15) is 20.3 Å². The second-order valence-corrected chi connectivity index (χ2v) is 5.93. The third-order valence-corrected chi connectivity index (χ3v) is 3.44. The molecule has 22 heavy (non-hydrogen) atoms. The summed E-state index contributed by atoms with van der Waals surface area (Å²) in [6.45, 7) is 10.3. The molecular weight excluding hydrogens is 395 g/mol. The fraction of sp³-hybridized carbons (Fsp3) is 0.933. The lowest BCUT2D eigenvalue weighted by atomic mass is 10.1. The first-order chi connectivity index (χ1) is 10.1. The van der Waals surface area contributed by atoms with Crippen LogP contribution in [0.4, 0.5) is 0 Å². The van der Waals surface area contributed by atoms with E-state index in [0.29, 0.717) is 12.5 Å². The third kappa shape index (κ3) is 10.6. The number of halogens is 1. The van der Waals surface area contributed by atoms with Gasteiger partial charge in [-0.05, 0) is 19.4 Å². The molecule has 1 fully saturated rings. The smallest absolute Gasteiger partial charge is 0.191 e. The van der Waals surface area contributed by atoms with Gasteiger partial charge in [0, 0.05) is 39.8 Å². The lowest BCUT2D eigenvalue weighted by Gasteiger charge is -2.30. The average molecular weight is 428 g/mol. The molecule has 0 aliphatic carbocycles. The van der Waals surface area contributed by atoms with Gasteiger partial charge < -0.3 is 25.0 Å². The van der Waals surface area contributed by atoms with Gasteiger partial charge >= 0.3 is 0 Å². The second-order valence-electron chi connectivity index (χ2n) is 5.93. The van der Waals surface area contributed by atoms with E-state index < -0.39 is 0 Å². The van der Waals surface area contributed by atoms with Crippen molar-refractivity contribution in [2.75, 3.05) is 60.1 Å². The van der Waals surface area contributed by atoms with E-state index >= 15 is 0 Å². The Morgan fingerprint density at radius 2 is 2.14 bits per heavy atom. The van der Waals surface area contributed by atoms with Crippen molar-refractivity contribution in [1.29, 1.82) is 0 Å². The van der Waals surface area contributed by atoms with Crippen molar-refractivity contribution in [1.82, 2.24) is 15.5 Å². The van der Waals surface area contributed by atoms with Crippen molar-refractivity contribution in [2.24, 2.45) is 10.9 Å². The summed E-state index contributed by atoms with van der Waals surface area (Å²) in [5, 5.41) is 6.55. The summed E-state index contributed by atoms with van der Waals surface area (Å²) in [5.74, 6) is 1.50. The minimum absolute atomic E-state index is 0. The number of aliphatic imine (C=N–C) groups is 1. The quantitative estimate of drug-likeness (QED) is 0.263. The molecule has 1 heterocycles. The van der Waals surface area contributed by atoms with Crippen LogP contribution in [0, 0.1) is 5.92 Å². The van der Waals surface area contributed by atoms with Gasteiger partial charge in [0.25, 0.3) is 0 Å². The molecule has 0 amide bonds. The molecule has 0 bridgehead atoms. The van der Waals surface area contributed by atoms with Gasteiger partial charge in [0.15, 0.2) is 5.96 Å². The Labute approximate surface area is 152 Å². The standard InChI is InChI=1S/C15H32N4O2.HI/c1-13(2)5-8-20-9-6-17-15(16-3)18-11-14-12-19(4)7-10-21-14;/h13-14H,5-12H2,1-4H3,(H2,16,17,18);1H. The van der Waals surface area contributed by atoms with Crippen LogP contribution in [0.3, 0.4) is 0 Å². The minimum atomic E-state index is 0. The fourth-order valence-corrected chi connectivity index (χ4v) is 2.08. The van der Waals surface area contributed by atoms with E-state index in [1.807, 2.05) is 0 Å². The summed E-state index contributed by atoms with van der Waals surface area (Å²) >= 11 is 0.